The second-order valence-corrected chi connectivity index (χ2v) is 5.18. The zero-order valence-corrected chi connectivity index (χ0v) is 10.7. The predicted molar refractivity (Wildman–Crippen MR) is 70.0 cm³/mol. The SMILES string of the molecule is Cc1ccc(C)c(OCc2ccc(C=O)s2)c1. The van der Waals surface area contributed by atoms with Gasteiger partial charge < -0.3 is 4.74 Å². The van der Waals surface area contributed by atoms with Crippen molar-refractivity contribution in [3.05, 3.63) is 51.2 Å². The fourth-order valence-electron chi connectivity index (χ4n) is 1.55. The Labute approximate surface area is 105 Å². The Hall–Kier alpha value is -1.61. The van der Waals surface area contributed by atoms with Crippen LogP contribution in [0.1, 0.15) is 25.7 Å². The average molecular weight is 246 g/mol. The Morgan fingerprint density at radius 3 is 2.76 bits per heavy atom. The lowest BCUT2D eigenvalue weighted by Gasteiger charge is -2.08. The van der Waals surface area contributed by atoms with E-state index in [4.69, 9.17) is 4.74 Å². The molecule has 17 heavy (non-hydrogen) atoms. The minimum Gasteiger partial charge on any atom is -0.488 e. The van der Waals surface area contributed by atoms with Gasteiger partial charge in [0, 0.05) is 4.88 Å². The summed E-state index contributed by atoms with van der Waals surface area (Å²) in [6, 6.07) is 9.90. The molecule has 1 aromatic heterocycles. The molecule has 88 valence electrons. The van der Waals surface area contributed by atoms with E-state index in [-0.39, 0.29) is 0 Å². The maximum absolute atomic E-state index is 10.6. The Morgan fingerprint density at radius 2 is 2.06 bits per heavy atom. The van der Waals surface area contributed by atoms with E-state index in [1.807, 2.05) is 32.0 Å². The van der Waals surface area contributed by atoms with Gasteiger partial charge in [0.15, 0.2) is 6.29 Å². The Bertz CT molecular complexity index is 529. The zero-order valence-electron chi connectivity index (χ0n) is 9.90. The number of carbonyl (C=O) groups excluding carboxylic acids is 1. The molecule has 0 bridgehead atoms. The molecule has 0 amide bonds. The van der Waals surface area contributed by atoms with Crippen LogP contribution in [0.15, 0.2) is 30.3 Å². The Morgan fingerprint density at radius 1 is 1.24 bits per heavy atom. The number of thiophene rings is 1. The largest absolute Gasteiger partial charge is 0.488 e. The summed E-state index contributed by atoms with van der Waals surface area (Å²) in [6.07, 6.45) is 0.867. The molecule has 2 nitrogen and oxygen atoms in total. The summed E-state index contributed by atoms with van der Waals surface area (Å²) in [5.74, 6) is 0.908. The van der Waals surface area contributed by atoms with Crippen LogP contribution in [0.5, 0.6) is 5.75 Å². The van der Waals surface area contributed by atoms with Crippen molar-refractivity contribution < 1.29 is 9.53 Å². The topological polar surface area (TPSA) is 26.3 Å². The number of hydrogen-bond acceptors (Lipinski definition) is 3. The van der Waals surface area contributed by atoms with Crippen molar-refractivity contribution >= 4 is 17.6 Å². The van der Waals surface area contributed by atoms with Gasteiger partial charge in [-0.2, -0.15) is 0 Å². The van der Waals surface area contributed by atoms with E-state index >= 15 is 0 Å². The molecule has 3 heteroatoms. The van der Waals surface area contributed by atoms with Crippen molar-refractivity contribution in [2.45, 2.75) is 20.5 Å². The third-order valence-corrected chi connectivity index (χ3v) is 3.50. The molecule has 1 aromatic carbocycles. The van der Waals surface area contributed by atoms with Gasteiger partial charge in [-0.15, -0.1) is 11.3 Å². The first-order valence-corrected chi connectivity index (χ1v) is 6.24. The highest BCUT2D eigenvalue weighted by molar-refractivity contribution is 7.13. The van der Waals surface area contributed by atoms with E-state index in [1.54, 1.807) is 0 Å². The van der Waals surface area contributed by atoms with E-state index in [0.717, 1.165) is 27.4 Å². The molecule has 0 fully saturated rings. The third kappa shape index (κ3) is 2.94. The van der Waals surface area contributed by atoms with Crippen LogP contribution in [0.25, 0.3) is 0 Å². The molecule has 0 unspecified atom stereocenters. The normalized spacial score (nSPS) is 10.2. The Balaban J connectivity index is 2.06. The van der Waals surface area contributed by atoms with Crippen molar-refractivity contribution in [3.63, 3.8) is 0 Å². The van der Waals surface area contributed by atoms with Crippen molar-refractivity contribution in [3.8, 4) is 5.75 Å². The highest BCUT2D eigenvalue weighted by Gasteiger charge is 2.03. The van der Waals surface area contributed by atoms with Crippen molar-refractivity contribution in [1.29, 1.82) is 0 Å². The first kappa shape index (κ1) is 11.9. The molecule has 0 aliphatic heterocycles. The number of rotatable bonds is 4. The molecule has 0 radical (unpaired) electrons. The molecule has 0 spiro atoms. The summed E-state index contributed by atoms with van der Waals surface area (Å²) in [5.41, 5.74) is 2.31. The maximum atomic E-state index is 10.6. The second kappa shape index (κ2) is 5.15. The lowest BCUT2D eigenvalue weighted by Crippen LogP contribution is -1.95. The minimum absolute atomic E-state index is 0.517. The highest BCUT2D eigenvalue weighted by atomic mass is 32.1. The van der Waals surface area contributed by atoms with E-state index < -0.39 is 0 Å². The average Bonchev–Trinajstić information content (AvgIpc) is 2.78. The van der Waals surface area contributed by atoms with Crippen molar-refractivity contribution in [2.24, 2.45) is 0 Å². The Kier molecular flexibility index (Phi) is 3.59. The van der Waals surface area contributed by atoms with Crippen LogP contribution in [0.2, 0.25) is 0 Å². The summed E-state index contributed by atoms with van der Waals surface area (Å²) in [7, 11) is 0. The maximum Gasteiger partial charge on any atom is 0.160 e. The monoisotopic (exact) mass is 246 g/mol. The fraction of sp³-hybridized carbons (Fsp3) is 0.214. The smallest absolute Gasteiger partial charge is 0.160 e. The molecule has 1 heterocycles. The standard InChI is InChI=1S/C14H14O2S/c1-10-3-4-11(2)14(7-10)16-9-13-6-5-12(8-15)17-13/h3-8H,9H2,1-2H3. The minimum atomic E-state index is 0.517. The molecule has 0 N–H and O–H groups in total. The van der Waals surface area contributed by atoms with Crippen molar-refractivity contribution in [2.75, 3.05) is 0 Å². The molecular formula is C14H14O2S. The lowest BCUT2D eigenvalue weighted by molar-refractivity contribution is 0.112. The fourth-order valence-corrected chi connectivity index (χ4v) is 2.29. The number of aryl methyl sites for hydroxylation is 2. The highest BCUT2D eigenvalue weighted by Crippen LogP contribution is 2.22. The molecule has 0 aliphatic rings. The molecule has 0 atom stereocenters. The summed E-state index contributed by atoms with van der Waals surface area (Å²) in [6.45, 7) is 4.59. The van der Waals surface area contributed by atoms with Crippen molar-refractivity contribution in [1.82, 2.24) is 0 Å². The summed E-state index contributed by atoms with van der Waals surface area (Å²) >= 11 is 1.47. The van der Waals surface area contributed by atoms with Crippen LogP contribution in [0.4, 0.5) is 0 Å². The number of hydrogen-bond donors (Lipinski definition) is 0. The first-order valence-electron chi connectivity index (χ1n) is 5.43. The zero-order chi connectivity index (χ0) is 12.3. The van der Waals surface area contributed by atoms with Gasteiger partial charge in [-0.3, -0.25) is 4.79 Å². The number of benzene rings is 1. The van der Waals surface area contributed by atoms with Gasteiger partial charge in [-0.1, -0.05) is 12.1 Å². The van der Waals surface area contributed by atoms with E-state index in [1.165, 1.54) is 16.9 Å². The van der Waals surface area contributed by atoms with Crippen LogP contribution in [-0.4, -0.2) is 6.29 Å². The third-order valence-electron chi connectivity index (χ3n) is 2.51. The molecule has 0 saturated carbocycles. The van der Waals surface area contributed by atoms with Crippen LogP contribution in [-0.2, 0) is 6.61 Å². The quantitative estimate of drug-likeness (QED) is 0.768. The van der Waals surface area contributed by atoms with Gasteiger partial charge >= 0.3 is 0 Å². The predicted octanol–water partition coefficient (Wildman–Crippen LogP) is 3.76. The molecule has 0 saturated heterocycles. The van der Waals surface area contributed by atoms with Crippen LogP contribution in [0.3, 0.4) is 0 Å². The van der Waals surface area contributed by atoms with Gasteiger partial charge in [-0.05, 0) is 43.2 Å². The van der Waals surface area contributed by atoms with Crippen LogP contribution in [0, 0.1) is 13.8 Å². The molecular weight excluding hydrogens is 232 g/mol. The van der Waals surface area contributed by atoms with E-state index in [9.17, 15) is 4.79 Å². The van der Waals surface area contributed by atoms with Crippen LogP contribution >= 0.6 is 11.3 Å². The number of ether oxygens (including phenoxy) is 1. The van der Waals surface area contributed by atoms with E-state index in [2.05, 4.69) is 12.1 Å². The lowest BCUT2D eigenvalue weighted by atomic mass is 10.1. The number of aldehydes is 1. The summed E-state index contributed by atoms with van der Waals surface area (Å²) in [5, 5.41) is 0. The molecule has 2 aromatic rings. The molecule has 2 rings (SSSR count). The van der Waals surface area contributed by atoms with Gasteiger partial charge in [0.25, 0.3) is 0 Å². The van der Waals surface area contributed by atoms with Gasteiger partial charge in [0.2, 0.25) is 0 Å². The summed E-state index contributed by atoms with van der Waals surface area (Å²) in [4.78, 5) is 12.4. The molecule has 0 aliphatic carbocycles. The second-order valence-electron chi connectivity index (χ2n) is 3.98. The summed E-state index contributed by atoms with van der Waals surface area (Å²) < 4.78 is 5.76. The van der Waals surface area contributed by atoms with Crippen LogP contribution < -0.4 is 4.74 Å². The van der Waals surface area contributed by atoms with Gasteiger partial charge in [0.1, 0.15) is 12.4 Å². The van der Waals surface area contributed by atoms with Gasteiger partial charge in [0.05, 0.1) is 4.88 Å². The first-order chi connectivity index (χ1) is 8.19. The van der Waals surface area contributed by atoms with E-state index in [0.29, 0.717) is 6.61 Å². The van der Waals surface area contributed by atoms with Gasteiger partial charge in [-0.25, -0.2) is 0 Å². The number of carbonyl (C=O) groups is 1.